The van der Waals surface area contributed by atoms with Crippen LogP contribution in [0, 0.1) is 0 Å². The Morgan fingerprint density at radius 1 is 1.47 bits per heavy atom. The fraction of sp³-hybridized carbons (Fsp3) is 0.417. The van der Waals surface area contributed by atoms with Gasteiger partial charge in [-0.15, -0.1) is 0 Å². The van der Waals surface area contributed by atoms with Gasteiger partial charge in [0.2, 0.25) is 10.0 Å². The number of halogens is 1. The number of hydrogen-bond donors (Lipinski definition) is 1. The summed E-state index contributed by atoms with van der Waals surface area (Å²) in [4.78, 5) is 10.9. The Hall–Kier alpha value is -1.11. The third-order valence-electron chi connectivity index (χ3n) is 3.27. The van der Waals surface area contributed by atoms with Gasteiger partial charge in [-0.3, -0.25) is 0 Å². The molecule has 0 aromatic heterocycles. The van der Waals surface area contributed by atoms with Crippen molar-refractivity contribution in [3.8, 4) is 0 Å². The van der Waals surface area contributed by atoms with Crippen molar-refractivity contribution in [2.24, 2.45) is 0 Å². The quantitative estimate of drug-likeness (QED) is 0.929. The number of benzene rings is 1. The van der Waals surface area contributed by atoms with Gasteiger partial charge in [-0.1, -0.05) is 11.6 Å². The Balaban J connectivity index is 2.42. The van der Waals surface area contributed by atoms with Crippen LogP contribution in [0.3, 0.4) is 0 Å². The van der Waals surface area contributed by atoms with E-state index < -0.39 is 16.0 Å². The van der Waals surface area contributed by atoms with Crippen molar-refractivity contribution >= 4 is 27.6 Å². The molecule has 104 valence electrons. The molecule has 0 amide bonds. The normalized spacial score (nSPS) is 20.6. The van der Waals surface area contributed by atoms with E-state index >= 15 is 0 Å². The standard InChI is InChI=1S/C12H14ClNO4S/c1-8-3-2-6-14(8)19(17,18)9-4-5-10(12(15)16)11(13)7-9/h4-5,7-8H,2-3,6H2,1H3,(H,15,16). The van der Waals surface area contributed by atoms with Crippen LogP contribution in [0.4, 0.5) is 0 Å². The number of rotatable bonds is 3. The lowest BCUT2D eigenvalue weighted by atomic mass is 10.2. The minimum absolute atomic E-state index is 0.0382. The summed E-state index contributed by atoms with van der Waals surface area (Å²) in [5.41, 5.74) is -0.102. The number of sulfonamides is 1. The summed E-state index contributed by atoms with van der Waals surface area (Å²) in [6, 6.07) is 3.67. The molecular weight excluding hydrogens is 290 g/mol. The number of hydrogen-bond acceptors (Lipinski definition) is 3. The van der Waals surface area contributed by atoms with E-state index in [1.54, 1.807) is 0 Å². The van der Waals surface area contributed by atoms with Crippen molar-refractivity contribution in [3.05, 3.63) is 28.8 Å². The molecule has 19 heavy (non-hydrogen) atoms. The molecule has 0 bridgehead atoms. The number of carboxylic acids is 1. The minimum Gasteiger partial charge on any atom is -0.478 e. The first-order valence-electron chi connectivity index (χ1n) is 5.88. The fourth-order valence-electron chi connectivity index (χ4n) is 2.23. The van der Waals surface area contributed by atoms with Crippen molar-refractivity contribution < 1.29 is 18.3 Å². The van der Waals surface area contributed by atoms with Crippen LogP contribution >= 0.6 is 11.6 Å². The second-order valence-electron chi connectivity index (χ2n) is 4.55. The van der Waals surface area contributed by atoms with Gasteiger partial charge in [0.1, 0.15) is 0 Å². The van der Waals surface area contributed by atoms with E-state index in [0.717, 1.165) is 12.8 Å². The van der Waals surface area contributed by atoms with Crippen LogP contribution < -0.4 is 0 Å². The third-order valence-corrected chi connectivity index (χ3v) is 5.59. The van der Waals surface area contributed by atoms with Crippen LogP contribution in [0.5, 0.6) is 0 Å². The van der Waals surface area contributed by atoms with Gasteiger partial charge in [0.25, 0.3) is 0 Å². The molecular formula is C12H14ClNO4S. The highest BCUT2D eigenvalue weighted by molar-refractivity contribution is 7.89. The van der Waals surface area contributed by atoms with Crippen LogP contribution in [-0.2, 0) is 10.0 Å². The smallest absolute Gasteiger partial charge is 0.337 e. The molecule has 1 aromatic rings. The highest BCUT2D eigenvalue weighted by Gasteiger charge is 2.32. The highest BCUT2D eigenvalue weighted by Crippen LogP contribution is 2.28. The van der Waals surface area contributed by atoms with Crippen molar-refractivity contribution in [2.45, 2.75) is 30.7 Å². The highest BCUT2D eigenvalue weighted by atomic mass is 35.5. The van der Waals surface area contributed by atoms with Crippen LogP contribution in [0.2, 0.25) is 5.02 Å². The van der Waals surface area contributed by atoms with E-state index in [9.17, 15) is 13.2 Å². The Labute approximate surface area is 116 Å². The summed E-state index contributed by atoms with van der Waals surface area (Å²) < 4.78 is 26.2. The van der Waals surface area contributed by atoms with E-state index in [1.165, 1.54) is 22.5 Å². The lowest BCUT2D eigenvalue weighted by Crippen LogP contribution is -2.33. The van der Waals surface area contributed by atoms with Crippen molar-refractivity contribution in [1.82, 2.24) is 4.31 Å². The largest absolute Gasteiger partial charge is 0.478 e. The van der Waals surface area contributed by atoms with E-state index in [-0.39, 0.29) is 21.5 Å². The predicted octanol–water partition coefficient (Wildman–Crippen LogP) is 2.21. The molecule has 1 heterocycles. The Morgan fingerprint density at radius 2 is 2.16 bits per heavy atom. The van der Waals surface area contributed by atoms with Crippen LogP contribution in [0.15, 0.2) is 23.1 Å². The fourth-order valence-corrected chi connectivity index (χ4v) is 4.28. The number of carbonyl (C=O) groups is 1. The van der Waals surface area contributed by atoms with Crippen LogP contribution in [0.25, 0.3) is 0 Å². The van der Waals surface area contributed by atoms with E-state index in [1.807, 2.05) is 6.92 Å². The molecule has 1 fully saturated rings. The molecule has 2 rings (SSSR count). The van der Waals surface area contributed by atoms with Crippen molar-refractivity contribution in [2.75, 3.05) is 6.54 Å². The molecule has 1 atom stereocenters. The summed E-state index contributed by atoms with van der Waals surface area (Å²) >= 11 is 5.81. The maximum atomic E-state index is 12.4. The summed E-state index contributed by atoms with van der Waals surface area (Å²) in [6.07, 6.45) is 1.67. The second kappa shape index (κ2) is 5.11. The minimum atomic E-state index is -3.60. The van der Waals surface area contributed by atoms with Gasteiger partial charge in [-0.05, 0) is 38.0 Å². The van der Waals surface area contributed by atoms with Gasteiger partial charge in [-0.2, -0.15) is 4.31 Å². The van der Waals surface area contributed by atoms with Gasteiger partial charge >= 0.3 is 5.97 Å². The zero-order chi connectivity index (χ0) is 14.2. The van der Waals surface area contributed by atoms with Gasteiger partial charge in [0.05, 0.1) is 15.5 Å². The number of carboxylic acid groups (broad SMARTS) is 1. The zero-order valence-corrected chi connectivity index (χ0v) is 11.9. The molecule has 1 N–H and O–H groups in total. The number of nitrogens with zero attached hydrogens (tertiary/aromatic N) is 1. The maximum Gasteiger partial charge on any atom is 0.337 e. The molecule has 0 spiro atoms. The molecule has 1 aliphatic heterocycles. The monoisotopic (exact) mass is 303 g/mol. The van der Waals surface area contributed by atoms with Crippen LogP contribution in [-0.4, -0.2) is 36.4 Å². The van der Waals surface area contributed by atoms with Gasteiger partial charge < -0.3 is 5.11 Å². The molecule has 1 aromatic carbocycles. The predicted molar refractivity (Wildman–Crippen MR) is 71.0 cm³/mol. The second-order valence-corrected chi connectivity index (χ2v) is 6.85. The number of aromatic carboxylic acids is 1. The first-order valence-corrected chi connectivity index (χ1v) is 7.70. The average Bonchev–Trinajstić information content (AvgIpc) is 2.75. The maximum absolute atomic E-state index is 12.4. The van der Waals surface area contributed by atoms with Gasteiger partial charge in [-0.25, -0.2) is 13.2 Å². The molecule has 7 heteroatoms. The zero-order valence-electron chi connectivity index (χ0n) is 10.3. The molecule has 0 radical (unpaired) electrons. The van der Waals surface area contributed by atoms with Crippen LogP contribution in [0.1, 0.15) is 30.1 Å². The summed E-state index contributed by atoms with van der Waals surface area (Å²) in [5.74, 6) is -1.18. The topological polar surface area (TPSA) is 74.7 Å². The SMILES string of the molecule is CC1CCCN1S(=O)(=O)c1ccc(C(=O)O)c(Cl)c1. The van der Waals surface area contributed by atoms with Gasteiger partial charge in [0.15, 0.2) is 0 Å². The van der Waals surface area contributed by atoms with E-state index in [2.05, 4.69) is 0 Å². The van der Waals surface area contributed by atoms with Crippen molar-refractivity contribution in [3.63, 3.8) is 0 Å². The van der Waals surface area contributed by atoms with Gasteiger partial charge in [0, 0.05) is 12.6 Å². The van der Waals surface area contributed by atoms with E-state index in [4.69, 9.17) is 16.7 Å². The van der Waals surface area contributed by atoms with Crippen molar-refractivity contribution in [1.29, 1.82) is 0 Å². The molecule has 0 saturated carbocycles. The Morgan fingerprint density at radius 3 is 2.63 bits per heavy atom. The molecule has 5 nitrogen and oxygen atoms in total. The van der Waals surface area contributed by atoms with E-state index in [0.29, 0.717) is 6.54 Å². The average molecular weight is 304 g/mol. The molecule has 1 unspecified atom stereocenters. The first-order chi connectivity index (χ1) is 8.84. The molecule has 0 aliphatic carbocycles. The lowest BCUT2D eigenvalue weighted by Gasteiger charge is -2.21. The summed E-state index contributed by atoms with van der Waals surface area (Å²) in [7, 11) is -3.60. The third kappa shape index (κ3) is 2.61. The molecule has 1 saturated heterocycles. The summed E-state index contributed by atoms with van der Waals surface area (Å²) in [6.45, 7) is 2.35. The lowest BCUT2D eigenvalue weighted by molar-refractivity contribution is 0.0697. The summed E-state index contributed by atoms with van der Waals surface area (Å²) in [5, 5.41) is 8.80. The Kier molecular flexibility index (Phi) is 3.85. The first kappa shape index (κ1) is 14.3. The molecule has 1 aliphatic rings. The Bertz CT molecular complexity index is 614.